The first-order chi connectivity index (χ1) is 12.0. The van der Waals surface area contributed by atoms with Gasteiger partial charge in [0.15, 0.2) is 0 Å². The number of nitrogens with two attached hydrogens (primary N) is 1. The second-order valence-electron chi connectivity index (χ2n) is 5.84. The highest BCUT2D eigenvalue weighted by molar-refractivity contribution is 7.15. The summed E-state index contributed by atoms with van der Waals surface area (Å²) in [6, 6.07) is 9.65. The number of aromatic nitrogens is 4. The Morgan fingerprint density at radius 2 is 2.00 bits per heavy atom. The van der Waals surface area contributed by atoms with Crippen LogP contribution in [0.4, 0.5) is 5.13 Å². The highest BCUT2D eigenvalue weighted by Crippen LogP contribution is 2.21. The van der Waals surface area contributed by atoms with Crippen molar-refractivity contribution in [2.75, 3.05) is 5.73 Å². The molecule has 7 nitrogen and oxygen atoms in total. The lowest BCUT2D eigenvalue weighted by Crippen LogP contribution is -2.28. The molecule has 1 atom stereocenters. The zero-order chi connectivity index (χ0) is 18.0. The lowest BCUT2D eigenvalue weighted by Gasteiger charge is -2.11. The Kier molecular flexibility index (Phi) is 4.80. The Hall–Kier alpha value is -2.74. The van der Waals surface area contributed by atoms with E-state index < -0.39 is 0 Å². The molecule has 0 saturated carbocycles. The van der Waals surface area contributed by atoms with Gasteiger partial charge in [-0.25, -0.2) is 4.68 Å². The van der Waals surface area contributed by atoms with Gasteiger partial charge < -0.3 is 11.1 Å². The van der Waals surface area contributed by atoms with Gasteiger partial charge in [-0.2, -0.15) is 5.10 Å². The summed E-state index contributed by atoms with van der Waals surface area (Å²) in [4.78, 5) is 12.4. The molecule has 2 heterocycles. The van der Waals surface area contributed by atoms with Crippen LogP contribution in [0.3, 0.4) is 0 Å². The number of para-hydroxylation sites is 1. The van der Waals surface area contributed by atoms with Crippen LogP contribution >= 0.6 is 11.3 Å². The van der Waals surface area contributed by atoms with E-state index >= 15 is 0 Å². The molecule has 130 valence electrons. The topological polar surface area (TPSA) is 98.7 Å². The Morgan fingerprint density at radius 1 is 1.28 bits per heavy atom. The minimum absolute atomic E-state index is 0.0833. The third-order valence-electron chi connectivity index (χ3n) is 3.98. The zero-order valence-corrected chi connectivity index (χ0v) is 15.2. The maximum Gasteiger partial charge on any atom is 0.225 e. The number of nitrogen functional groups attached to an aromatic ring is 1. The van der Waals surface area contributed by atoms with Gasteiger partial charge in [-0.05, 0) is 32.9 Å². The van der Waals surface area contributed by atoms with Gasteiger partial charge in [0.25, 0.3) is 0 Å². The summed E-state index contributed by atoms with van der Waals surface area (Å²) < 4.78 is 1.87. The molecule has 0 spiro atoms. The molecular weight excluding hydrogens is 336 g/mol. The minimum atomic E-state index is -0.230. The predicted molar refractivity (Wildman–Crippen MR) is 97.6 cm³/mol. The van der Waals surface area contributed by atoms with Gasteiger partial charge in [-0.1, -0.05) is 29.5 Å². The zero-order valence-electron chi connectivity index (χ0n) is 14.4. The van der Waals surface area contributed by atoms with E-state index in [0.717, 1.165) is 22.6 Å². The molecule has 0 bridgehead atoms. The van der Waals surface area contributed by atoms with E-state index in [0.29, 0.717) is 10.1 Å². The standard InChI is InChI=1S/C17H20N6OS/c1-10-14(12(3)23(22-10)13-7-5-4-6-8-13)9-15(24)19-11(2)16-20-21-17(18)25-16/h4-8,11H,9H2,1-3H3,(H2,18,21)(H,19,24)/t11-/m1/s1. The largest absolute Gasteiger partial charge is 0.374 e. The molecular formula is C17H20N6OS. The van der Waals surface area contributed by atoms with Gasteiger partial charge in [-0.15, -0.1) is 10.2 Å². The minimum Gasteiger partial charge on any atom is -0.374 e. The third-order valence-corrected chi connectivity index (χ3v) is 4.92. The monoisotopic (exact) mass is 356 g/mol. The first-order valence-corrected chi connectivity index (χ1v) is 8.76. The van der Waals surface area contributed by atoms with Crippen LogP contribution in [0.2, 0.25) is 0 Å². The van der Waals surface area contributed by atoms with E-state index in [4.69, 9.17) is 5.73 Å². The highest BCUT2D eigenvalue weighted by atomic mass is 32.1. The molecule has 3 N–H and O–H groups in total. The fraction of sp³-hybridized carbons (Fsp3) is 0.294. The summed E-state index contributed by atoms with van der Waals surface area (Å²) in [6.07, 6.45) is 0.267. The second kappa shape index (κ2) is 7.02. The first kappa shape index (κ1) is 17.1. The predicted octanol–water partition coefficient (Wildman–Crippen LogP) is 2.34. The van der Waals surface area contributed by atoms with Crippen molar-refractivity contribution in [3.63, 3.8) is 0 Å². The summed E-state index contributed by atoms with van der Waals surface area (Å²) in [6.45, 7) is 5.76. The molecule has 0 radical (unpaired) electrons. The number of carbonyl (C=O) groups is 1. The molecule has 0 aliphatic carbocycles. The maximum absolute atomic E-state index is 12.4. The number of nitrogens with one attached hydrogen (secondary N) is 1. The van der Waals surface area contributed by atoms with E-state index in [1.54, 1.807) is 0 Å². The Labute approximate surface area is 149 Å². The van der Waals surface area contributed by atoms with Crippen molar-refractivity contribution in [2.24, 2.45) is 0 Å². The van der Waals surface area contributed by atoms with Crippen molar-refractivity contribution >= 4 is 22.4 Å². The molecule has 1 aromatic carbocycles. The average Bonchev–Trinajstić information content (AvgIpc) is 3.14. The summed E-state index contributed by atoms with van der Waals surface area (Å²) in [7, 11) is 0. The first-order valence-electron chi connectivity index (χ1n) is 7.94. The number of nitrogens with zero attached hydrogens (tertiary/aromatic N) is 4. The molecule has 0 unspecified atom stereocenters. The Balaban J connectivity index is 1.74. The van der Waals surface area contributed by atoms with Crippen LogP contribution in [0, 0.1) is 13.8 Å². The molecule has 3 aromatic rings. The van der Waals surface area contributed by atoms with Crippen LogP contribution in [-0.2, 0) is 11.2 Å². The summed E-state index contributed by atoms with van der Waals surface area (Å²) >= 11 is 1.28. The van der Waals surface area contributed by atoms with Crippen LogP contribution in [-0.4, -0.2) is 25.9 Å². The smallest absolute Gasteiger partial charge is 0.225 e. The van der Waals surface area contributed by atoms with Crippen molar-refractivity contribution < 1.29 is 4.79 Å². The summed E-state index contributed by atoms with van der Waals surface area (Å²) in [5.74, 6) is -0.0833. The fourth-order valence-corrected chi connectivity index (χ4v) is 3.30. The lowest BCUT2D eigenvalue weighted by atomic mass is 10.1. The maximum atomic E-state index is 12.4. The molecule has 0 saturated heterocycles. The van der Waals surface area contributed by atoms with Crippen molar-refractivity contribution in [3.05, 3.63) is 52.3 Å². The summed E-state index contributed by atoms with van der Waals surface area (Å²) in [5.41, 5.74) is 9.32. The molecule has 3 rings (SSSR count). The van der Waals surface area contributed by atoms with Crippen molar-refractivity contribution in [1.29, 1.82) is 0 Å². The van der Waals surface area contributed by atoms with Crippen LogP contribution in [0.5, 0.6) is 0 Å². The third kappa shape index (κ3) is 3.69. The number of hydrogen-bond donors (Lipinski definition) is 2. The molecule has 1 amide bonds. The fourth-order valence-electron chi connectivity index (χ4n) is 2.69. The normalized spacial score (nSPS) is 12.1. The quantitative estimate of drug-likeness (QED) is 0.731. The van der Waals surface area contributed by atoms with E-state index in [9.17, 15) is 4.79 Å². The van der Waals surface area contributed by atoms with Gasteiger partial charge in [0.1, 0.15) is 5.01 Å². The van der Waals surface area contributed by atoms with Crippen LogP contribution in [0.1, 0.15) is 34.9 Å². The molecule has 0 aliphatic heterocycles. The molecule has 2 aromatic heterocycles. The summed E-state index contributed by atoms with van der Waals surface area (Å²) in [5, 5.41) is 16.3. The van der Waals surface area contributed by atoms with Gasteiger partial charge in [0.05, 0.1) is 23.8 Å². The Morgan fingerprint density at radius 3 is 2.64 bits per heavy atom. The van der Waals surface area contributed by atoms with E-state index in [-0.39, 0.29) is 18.4 Å². The van der Waals surface area contributed by atoms with Crippen molar-refractivity contribution in [1.82, 2.24) is 25.3 Å². The number of hydrogen-bond acceptors (Lipinski definition) is 6. The van der Waals surface area contributed by atoms with E-state index in [1.165, 1.54) is 11.3 Å². The number of amides is 1. The average molecular weight is 356 g/mol. The van der Waals surface area contributed by atoms with Gasteiger partial charge >= 0.3 is 0 Å². The van der Waals surface area contributed by atoms with Crippen molar-refractivity contribution in [2.45, 2.75) is 33.2 Å². The number of anilines is 1. The number of aryl methyl sites for hydroxylation is 1. The number of rotatable bonds is 5. The van der Waals surface area contributed by atoms with Crippen LogP contribution in [0.25, 0.3) is 5.69 Å². The molecule has 0 aliphatic rings. The van der Waals surface area contributed by atoms with Crippen LogP contribution in [0.15, 0.2) is 30.3 Å². The number of benzene rings is 1. The second-order valence-corrected chi connectivity index (χ2v) is 6.88. The molecule has 0 fully saturated rings. The van der Waals surface area contributed by atoms with E-state index in [2.05, 4.69) is 20.6 Å². The van der Waals surface area contributed by atoms with Gasteiger partial charge in [-0.3, -0.25) is 4.79 Å². The molecule has 8 heteroatoms. The van der Waals surface area contributed by atoms with Gasteiger partial charge in [0, 0.05) is 11.3 Å². The molecule has 25 heavy (non-hydrogen) atoms. The SMILES string of the molecule is Cc1nn(-c2ccccc2)c(C)c1CC(=O)N[C@H](C)c1nnc(N)s1. The highest BCUT2D eigenvalue weighted by Gasteiger charge is 2.18. The van der Waals surface area contributed by atoms with Crippen molar-refractivity contribution in [3.8, 4) is 5.69 Å². The number of carbonyl (C=O) groups excluding carboxylic acids is 1. The van der Waals surface area contributed by atoms with E-state index in [1.807, 2.05) is 55.8 Å². The van der Waals surface area contributed by atoms with Crippen LogP contribution < -0.4 is 11.1 Å². The lowest BCUT2D eigenvalue weighted by molar-refractivity contribution is -0.121. The Bertz CT molecular complexity index is 886. The van der Waals surface area contributed by atoms with Gasteiger partial charge in [0.2, 0.25) is 11.0 Å².